The van der Waals surface area contributed by atoms with Crippen molar-refractivity contribution in [2.75, 3.05) is 0 Å². The highest BCUT2D eigenvalue weighted by atomic mass is 16.5. The van der Waals surface area contributed by atoms with E-state index in [9.17, 15) is 5.11 Å². The van der Waals surface area contributed by atoms with Crippen molar-refractivity contribution in [1.29, 1.82) is 0 Å². The van der Waals surface area contributed by atoms with Crippen molar-refractivity contribution in [2.45, 2.75) is 88.9 Å². The van der Waals surface area contributed by atoms with Gasteiger partial charge in [0, 0.05) is 5.92 Å². The Labute approximate surface area is 135 Å². The van der Waals surface area contributed by atoms with Gasteiger partial charge < -0.3 is 9.84 Å². The summed E-state index contributed by atoms with van der Waals surface area (Å²) in [6.07, 6.45) is 15.7. The summed E-state index contributed by atoms with van der Waals surface area (Å²) in [5.74, 6) is 5.26. The molecule has 1 aliphatic heterocycles. The van der Waals surface area contributed by atoms with E-state index in [-0.39, 0.29) is 6.10 Å². The third kappa shape index (κ3) is 2.13. The monoisotopic (exact) mass is 304 g/mol. The van der Waals surface area contributed by atoms with Crippen molar-refractivity contribution in [2.24, 2.45) is 35.5 Å². The van der Waals surface area contributed by atoms with Gasteiger partial charge in [-0.3, -0.25) is 0 Å². The van der Waals surface area contributed by atoms with Gasteiger partial charge >= 0.3 is 0 Å². The third-order valence-corrected chi connectivity index (χ3v) is 8.31. The lowest BCUT2D eigenvalue weighted by molar-refractivity contribution is -0.184. The van der Waals surface area contributed by atoms with Crippen molar-refractivity contribution < 1.29 is 9.84 Å². The normalized spacial score (nSPS) is 57.4. The maximum Gasteiger partial charge on any atom is 0.0632 e. The minimum Gasteiger partial charge on any atom is -0.393 e. The zero-order chi connectivity index (χ0) is 14.7. The van der Waals surface area contributed by atoms with Gasteiger partial charge in [-0.2, -0.15) is 0 Å². The van der Waals surface area contributed by atoms with Crippen LogP contribution in [-0.4, -0.2) is 23.4 Å². The van der Waals surface area contributed by atoms with Crippen molar-refractivity contribution in [3.05, 3.63) is 0 Å². The first-order valence-corrected chi connectivity index (χ1v) is 10.1. The van der Waals surface area contributed by atoms with Crippen molar-refractivity contribution in [1.82, 2.24) is 0 Å². The number of aliphatic hydroxyl groups is 1. The lowest BCUT2D eigenvalue weighted by Gasteiger charge is -2.51. The van der Waals surface area contributed by atoms with Crippen LogP contribution in [0.1, 0.15) is 70.6 Å². The van der Waals surface area contributed by atoms with Gasteiger partial charge in [-0.25, -0.2) is 0 Å². The second kappa shape index (κ2) is 5.48. The van der Waals surface area contributed by atoms with E-state index in [0.29, 0.717) is 18.1 Å². The molecule has 0 aromatic carbocycles. The number of ether oxygens (including phenoxy) is 1. The molecule has 5 aliphatic rings. The van der Waals surface area contributed by atoms with E-state index >= 15 is 0 Å². The molecule has 0 amide bonds. The minimum absolute atomic E-state index is 0.0799. The highest BCUT2D eigenvalue weighted by molar-refractivity contribution is 5.03. The van der Waals surface area contributed by atoms with Gasteiger partial charge in [0.2, 0.25) is 0 Å². The summed E-state index contributed by atoms with van der Waals surface area (Å²) in [5, 5.41) is 10.5. The maximum atomic E-state index is 10.5. The molecular weight excluding hydrogens is 272 g/mol. The number of hydrogen-bond donors (Lipinski definition) is 1. The Bertz CT molecular complexity index is 422. The zero-order valence-electron chi connectivity index (χ0n) is 13.8. The molecule has 5 fully saturated rings. The van der Waals surface area contributed by atoms with Gasteiger partial charge in [0.15, 0.2) is 0 Å². The summed E-state index contributed by atoms with van der Waals surface area (Å²) in [4.78, 5) is 0. The Morgan fingerprint density at radius 1 is 0.591 bits per heavy atom. The molecule has 1 N–H and O–H groups in total. The highest BCUT2D eigenvalue weighted by Crippen LogP contribution is 2.59. The Kier molecular flexibility index (Phi) is 3.56. The Morgan fingerprint density at radius 2 is 1.45 bits per heavy atom. The Balaban J connectivity index is 1.37. The molecule has 0 aromatic rings. The lowest BCUT2D eigenvalue weighted by Crippen LogP contribution is -2.52. The van der Waals surface area contributed by atoms with Crippen LogP contribution < -0.4 is 0 Å². The van der Waals surface area contributed by atoms with E-state index in [0.717, 1.165) is 42.4 Å². The largest absolute Gasteiger partial charge is 0.393 e. The van der Waals surface area contributed by atoms with Crippen LogP contribution in [0.4, 0.5) is 0 Å². The van der Waals surface area contributed by atoms with E-state index in [1.165, 1.54) is 57.8 Å². The van der Waals surface area contributed by atoms with Crippen LogP contribution in [0.2, 0.25) is 0 Å². The van der Waals surface area contributed by atoms with Crippen LogP contribution in [0.25, 0.3) is 0 Å². The van der Waals surface area contributed by atoms with E-state index in [1.54, 1.807) is 0 Å². The molecule has 0 spiro atoms. The first-order valence-electron chi connectivity index (χ1n) is 10.1. The highest BCUT2D eigenvalue weighted by Gasteiger charge is 2.54. The van der Waals surface area contributed by atoms with Gasteiger partial charge in [0.05, 0.1) is 18.3 Å². The SMILES string of the molecule is OC1CCCC2OC3CCC4C5CCCCC5CC4C3CC12. The Hall–Kier alpha value is -0.0800. The zero-order valence-corrected chi connectivity index (χ0v) is 13.8. The quantitative estimate of drug-likeness (QED) is 0.728. The van der Waals surface area contributed by atoms with Crippen molar-refractivity contribution >= 4 is 0 Å². The van der Waals surface area contributed by atoms with Crippen LogP contribution in [0, 0.1) is 35.5 Å². The first-order chi connectivity index (χ1) is 10.8. The molecule has 22 heavy (non-hydrogen) atoms. The Morgan fingerprint density at radius 3 is 2.41 bits per heavy atom. The molecule has 5 rings (SSSR count). The van der Waals surface area contributed by atoms with Crippen LogP contribution >= 0.6 is 0 Å². The number of aliphatic hydroxyl groups excluding tert-OH is 1. The molecule has 9 unspecified atom stereocenters. The van der Waals surface area contributed by atoms with Crippen LogP contribution in [0.5, 0.6) is 0 Å². The number of fused-ring (bicyclic) bond motifs is 6. The molecule has 4 saturated carbocycles. The minimum atomic E-state index is -0.0799. The predicted octanol–water partition coefficient (Wildman–Crippen LogP) is 4.16. The van der Waals surface area contributed by atoms with Gasteiger partial charge in [-0.15, -0.1) is 0 Å². The topological polar surface area (TPSA) is 29.5 Å². The van der Waals surface area contributed by atoms with Crippen LogP contribution in [0.3, 0.4) is 0 Å². The average Bonchev–Trinajstić information content (AvgIpc) is 2.93. The molecular formula is C20H32O2. The predicted molar refractivity (Wildman–Crippen MR) is 86.4 cm³/mol. The molecule has 9 atom stereocenters. The van der Waals surface area contributed by atoms with Gasteiger partial charge in [-0.05, 0) is 81.0 Å². The summed E-state index contributed by atoms with van der Waals surface area (Å²) in [5.41, 5.74) is 0. The molecule has 4 aliphatic carbocycles. The standard InChI is InChI=1S/C20H32O2/c21-18-6-3-7-19-17(18)11-16-15-10-12-4-1-2-5-13(12)14(15)8-9-20(16)22-19/h12-21H,1-11H2. The summed E-state index contributed by atoms with van der Waals surface area (Å²) >= 11 is 0. The van der Waals surface area contributed by atoms with E-state index in [1.807, 2.05) is 0 Å². The third-order valence-electron chi connectivity index (χ3n) is 8.31. The molecule has 2 heteroatoms. The summed E-state index contributed by atoms with van der Waals surface area (Å²) in [7, 11) is 0. The maximum absolute atomic E-state index is 10.5. The van der Waals surface area contributed by atoms with Crippen LogP contribution in [0.15, 0.2) is 0 Å². The molecule has 1 saturated heterocycles. The van der Waals surface area contributed by atoms with Crippen molar-refractivity contribution in [3.63, 3.8) is 0 Å². The fraction of sp³-hybridized carbons (Fsp3) is 1.00. The van der Waals surface area contributed by atoms with E-state index in [4.69, 9.17) is 4.74 Å². The van der Waals surface area contributed by atoms with Crippen LogP contribution in [-0.2, 0) is 4.74 Å². The summed E-state index contributed by atoms with van der Waals surface area (Å²) in [6, 6.07) is 0. The molecule has 124 valence electrons. The number of hydrogen-bond acceptors (Lipinski definition) is 2. The van der Waals surface area contributed by atoms with Gasteiger partial charge in [-0.1, -0.05) is 19.3 Å². The molecule has 0 radical (unpaired) electrons. The first kappa shape index (κ1) is 14.3. The molecule has 0 bridgehead atoms. The van der Waals surface area contributed by atoms with E-state index in [2.05, 4.69) is 0 Å². The average molecular weight is 304 g/mol. The summed E-state index contributed by atoms with van der Waals surface area (Å²) < 4.78 is 6.57. The lowest BCUT2D eigenvalue weighted by atomic mass is 9.63. The second-order valence-electron chi connectivity index (χ2n) is 9.12. The summed E-state index contributed by atoms with van der Waals surface area (Å²) in [6.45, 7) is 0. The smallest absolute Gasteiger partial charge is 0.0632 e. The molecule has 2 nitrogen and oxygen atoms in total. The van der Waals surface area contributed by atoms with Crippen molar-refractivity contribution in [3.8, 4) is 0 Å². The fourth-order valence-electron chi connectivity index (χ4n) is 7.42. The van der Waals surface area contributed by atoms with Gasteiger partial charge in [0.1, 0.15) is 0 Å². The number of rotatable bonds is 0. The molecule has 0 aromatic heterocycles. The van der Waals surface area contributed by atoms with E-state index < -0.39 is 0 Å². The second-order valence-corrected chi connectivity index (χ2v) is 9.12. The van der Waals surface area contributed by atoms with Gasteiger partial charge in [0.25, 0.3) is 0 Å². The molecule has 1 heterocycles. The fourth-order valence-corrected chi connectivity index (χ4v) is 7.42.